The average molecular weight is 290 g/mol. The lowest BCUT2D eigenvalue weighted by Crippen LogP contribution is -2.49. The number of rotatable bonds is 3. The predicted octanol–water partition coefficient (Wildman–Crippen LogP) is 1.79. The summed E-state index contributed by atoms with van der Waals surface area (Å²) >= 11 is 0. The van der Waals surface area contributed by atoms with E-state index in [0.717, 1.165) is 30.1 Å². The molecule has 1 saturated heterocycles. The molecular weight excluding hydrogens is 264 g/mol. The molecule has 3 aliphatic carbocycles. The number of amides is 2. The van der Waals surface area contributed by atoms with E-state index < -0.39 is 0 Å². The van der Waals surface area contributed by atoms with Crippen LogP contribution in [0.5, 0.6) is 0 Å². The molecule has 0 spiro atoms. The van der Waals surface area contributed by atoms with Gasteiger partial charge in [-0.25, -0.2) is 0 Å². The first-order valence-corrected chi connectivity index (χ1v) is 8.71. The quantitative estimate of drug-likeness (QED) is 0.861. The van der Waals surface area contributed by atoms with Gasteiger partial charge in [0.2, 0.25) is 11.8 Å². The molecule has 21 heavy (non-hydrogen) atoms. The van der Waals surface area contributed by atoms with Gasteiger partial charge in [-0.3, -0.25) is 9.59 Å². The maximum Gasteiger partial charge on any atom is 0.245 e. The minimum absolute atomic E-state index is 0.0462. The molecule has 6 atom stereocenters. The zero-order valence-corrected chi connectivity index (χ0v) is 13.0. The van der Waals surface area contributed by atoms with Crippen molar-refractivity contribution >= 4 is 11.8 Å². The average Bonchev–Trinajstić information content (AvgIpc) is 2.94. The zero-order chi connectivity index (χ0) is 14.7. The van der Waals surface area contributed by atoms with E-state index in [1.54, 1.807) is 0 Å². The highest BCUT2D eigenvalue weighted by Crippen LogP contribution is 2.67. The summed E-state index contributed by atoms with van der Waals surface area (Å²) in [5, 5.41) is 2.97. The lowest BCUT2D eigenvalue weighted by molar-refractivity contribution is -0.136. The molecule has 3 saturated carbocycles. The second kappa shape index (κ2) is 4.72. The summed E-state index contributed by atoms with van der Waals surface area (Å²) in [6.45, 7) is 4.80. The van der Waals surface area contributed by atoms with Crippen LogP contribution in [0.3, 0.4) is 0 Å². The van der Waals surface area contributed by atoms with Crippen LogP contribution >= 0.6 is 0 Å². The van der Waals surface area contributed by atoms with Crippen molar-refractivity contribution in [3.8, 4) is 0 Å². The third-order valence-corrected chi connectivity index (χ3v) is 6.71. The lowest BCUT2D eigenvalue weighted by atomic mass is 9.97. The fourth-order valence-corrected chi connectivity index (χ4v) is 5.43. The van der Waals surface area contributed by atoms with Crippen molar-refractivity contribution in [1.82, 2.24) is 10.2 Å². The van der Waals surface area contributed by atoms with Gasteiger partial charge in [-0.15, -0.1) is 0 Å². The molecule has 4 rings (SSSR count). The second-order valence-corrected chi connectivity index (χ2v) is 7.69. The number of fused-ring (bicyclic) bond motifs is 5. The summed E-state index contributed by atoms with van der Waals surface area (Å²) in [5.74, 6) is 3.71. The normalized spacial score (nSPS) is 46.1. The third kappa shape index (κ3) is 1.94. The molecule has 2 bridgehead atoms. The number of nitrogens with zero attached hydrogens (tertiary/aromatic N) is 1. The van der Waals surface area contributed by atoms with Gasteiger partial charge in [-0.05, 0) is 48.9 Å². The first-order chi connectivity index (χ1) is 10.1. The van der Waals surface area contributed by atoms with Crippen LogP contribution < -0.4 is 5.32 Å². The van der Waals surface area contributed by atoms with Gasteiger partial charge in [0, 0.05) is 19.0 Å². The van der Waals surface area contributed by atoms with Crippen LogP contribution in [0.4, 0.5) is 0 Å². The molecule has 0 aromatic carbocycles. The van der Waals surface area contributed by atoms with Crippen LogP contribution in [0.2, 0.25) is 0 Å². The standard InChI is InChI=1S/C17H26N2O2/c1-3-9(2)15-17(21)19(7-6-12(20)18-15)16-13-10-4-5-11(8-10)14(13)16/h9-11,13-16H,3-8H2,1-2H3,(H,18,20). The van der Waals surface area contributed by atoms with Crippen LogP contribution in [0.1, 0.15) is 46.0 Å². The molecule has 4 aliphatic rings. The van der Waals surface area contributed by atoms with E-state index in [2.05, 4.69) is 24.1 Å². The highest BCUT2D eigenvalue weighted by molar-refractivity contribution is 5.90. The highest BCUT2D eigenvalue weighted by Gasteiger charge is 2.67. The van der Waals surface area contributed by atoms with E-state index in [9.17, 15) is 9.59 Å². The van der Waals surface area contributed by atoms with Gasteiger partial charge >= 0.3 is 0 Å². The van der Waals surface area contributed by atoms with E-state index in [-0.39, 0.29) is 23.8 Å². The van der Waals surface area contributed by atoms with Gasteiger partial charge in [0.25, 0.3) is 0 Å². The number of nitrogens with one attached hydrogen (secondary N) is 1. The minimum atomic E-state index is -0.302. The van der Waals surface area contributed by atoms with Gasteiger partial charge in [0.05, 0.1) is 0 Å². The molecule has 4 nitrogen and oxygen atoms in total. The fraction of sp³-hybridized carbons (Fsp3) is 0.882. The highest BCUT2D eigenvalue weighted by atomic mass is 16.2. The van der Waals surface area contributed by atoms with Crippen molar-refractivity contribution in [2.24, 2.45) is 29.6 Å². The molecular formula is C17H26N2O2. The Labute approximate surface area is 126 Å². The molecule has 2 amide bonds. The Balaban J connectivity index is 1.55. The van der Waals surface area contributed by atoms with Crippen LogP contribution in [0.25, 0.3) is 0 Å². The fourth-order valence-electron chi connectivity index (χ4n) is 5.43. The van der Waals surface area contributed by atoms with Crippen molar-refractivity contribution in [3.05, 3.63) is 0 Å². The summed E-state index contributed by atoms with van der Waals surface area (Å²) in [7, 11) is 0. The van der Waals surface area contributed by atoms with Crippen molar-refractivity contribution in [1.29, 1.82) is 0 Å². The Kier molecular flexibility index (Phi) is 3.05. The first-order valence-electron chi connectivity index (χ1n) is 8.71. The summed E-state index contributed by atoms with van der Waals surface area (Å²) in [6, 6.07) is 0.159. The van der Waals surface area contributed by atoms with Gasteiger partial charge in [0.1, 0.15) is 6.04 Å². The summed E-state index contributed by atoms with van der Waals surface area (Å²) in [5.41, 5.74) is 0. The Morgan fingerprint density at radius 1 is 1.24 bits per heavy atom. The molecule has 4 heteroatoms. The lowest BCUT2D eigenvalue weighted by Gasteiger charge is -2.29. The van der Waals surface area contributed by atoms with E-state index >= 15 is 0 Å². The maximum atomic E-state index is 12.9. The van der Waals surface area contributed by atoms with Crippen molar-refractivity contribution in [3.63, 3.8) is 0 Å². The van der Waals surface area contributed by atoms with Crippen molar-refractivity contribution < 1.29 is 9.59 Å². The van der Waals surface area contributed by atoms with Crippen LogP contribution in [-0.2, 0) is 9.59 Å². The largest absolute Gasteiger partial charge is 0.344 e. The Morgan fingerprint density at radius 3 is 2.52 bits per heavy atom. The molecule has 6 unspecified atom stereocenters. The summed E-state index contributed by atoms with van der Waals surface area (Å²) < 4.78 is 0. The molecule has 4 fully saturated rings. The summed E-state index contributed by atoms with van der Waals surface area (Å²) in [6.07, 6.45) is 5.55. The van der Waals surface area contributed by atoms with E-state index in [0.29, 0.717) is 19.0 Å². The van der Waals surface area contributed by atoms with Crippen LogP contribution in [-0.4, -0.2) is 35.3 Å². The van der Waals surface area contributed by atoms with Gasteiger partial charge < -0.3 is 10.2 Å². The molecule has 1 heterocycles. The Bertz CT molecular complexity index is 461. The van der Waals surface area contributed by atoms with Crippen LogP contribution in [0.15, 0.2) is 0 Å². The topological polar surface area (TPSA) is 49.4 Å². The van der Waals surface area contributed by atoms with Gasteiger partial charge in [-0.2, -0.15) is 0 Å². The second-order valence-electron chi connectivity index (χ2n) is 7.69. The molecule has 1 aliphatic heterocycles. The zero-order valence-electron chi connectivity index (χ0n) is 13.0. The first kappa shape index (κ1) is 13.6. The Hall–Kier alpha value is -1.06. The Morgan fingerprint density at radius 2 is 1.90 bits per heavy atom. The molecule has 0 radical (unpaired) electrons. The third-order valence-electron chi connectivity index (χ3n) is 6.71. The molecule has 1 N–H and O–H groups in total. The predicted molar refractivity (Wildman–Crippen MR) is 79.3 cm³/mol. The maximum absolute atomic E-state index is 12.9. The SMILES string of the molecule is CCC(C)C1NC(=O)CCN(C2C3C4CCC(C4)C32)C1=O. The van der Waals surface area contributed by atoms with Crippen molar-refractivity contribution in [2.75, 3.05) is 6.54 Å². The number of carbonyl (C=O) groups is 2. The number of hydrogen-bond acceptors (Lipinski definition) is 2. The molecule has 0 aromatic rings. The number of hydrogen-bond donors (Lipinski definition) is 1. The van der Waals surface area contributed by atoms with E-state index in [4.69, 9.17) is 0 Å². The van der Waals surface area contributed by atoms with Gasteiger partial charge in [-0.1, -0.05) is 20.3 Å². The molecule has 116 valence electrons. The van der Waals surface area contributed by atoms with Crippen LogP contribution in [0, 0.1) is 29.6 Å². The monoisotopic (exact) mass is 290 g/mol. The van der Waals surface area contributed by atoms with Crippen molar-refractivity contribution in [2.45, 2.75) is 58.0 Å². The molecule has 0 aromatic heterocycles. The smallest absolute Gasteiger partial charge is 0.245 e. The minimum Gasteiger partial charge on any atom is -0.344 e. The number of carbonyl (C=O) groups excluding carboxylic acids is 2. The van der Waals surface area contributed by atoms with E-state index in [1.165, 1.54) is 19.3 Å². The van der Waals surface area contributed by atoms with Gasteiger partial charge in [0.15, 0.2) is 0 Å². The van der Waals surface area contributed by atoms with E-state index in [1.807, 2.05) is 0 Å². The summed E-state index contributed by atoms with van der Waals surface area (Å²) in [4.78, 5) is 27.0.